The summed E-state index contributed by atoms with van der Waals surface area (Å²) >= 11 is 1.37. The maximum atomic E-state index is 5.89. The van der Waals surface area contributed by atoms with Crippen molar-refractivity contribution in [3.8, 4) is 11.1 Å². The molecule has 0 bridgehead atoms. The molecular weight excluding hydrogens is 232 g/mol. The van der Waals surface area contributed by atoms with E-state index in [0.717, 1.165) is 29.1 Å². The average Bonchev–Trinajstić information content (AvgIpc) is 2.72. The Labute approximate surface area is 104 Å². The molecule has 2 aromatic heterocycles. The zero-order valence-corrected chi connectivity index (χ0v) is 10.2. The SMILES string of the molecule is C=CCCNc1snc(N)c1-c1cccnc1. The van der Waals surface area contributed by atoms with E-state index in [1.807, 2.05) is 18.2 Å². The van der Waals surface area contributed by atoms with Crippen molar-refractivity contribution >= 4 is 22.4 Å². The highest BCUT2D eigenvalue weighted by Crippen LogP contribution is 2.36. The molecule has 0 amide bonds. The normalized spacial score (nSPS) is 10.1. The Morgan fingerprint density at radius 1 is 1.53 bits per heavy atom. The summed E-state index contributed by atoms with van der Waals surface area (Å²) in [5.74, 6) is 0.545. The predicted molar refractivity (Wildman–Crippen MR) is 73.1 cm³/mol. The molecule has 0 aliphatic rings. The zero-order valence-electron chi connectivity index (χ0n) is 9.39. The van der Waals surface area contributed by atoms with Crippen molar-refractivity contribution in [2.24, 2.45) is 0 Å². The molecule has 0 fully saturated rings. The smallest absolute Gasteiger partial charge is 0.147 e. The highest BCUT2D eigenvalue weighted by atomic mass is 32.1. The van der Waals surface area contributed by atoms with E-state index in [0.29, 0.717) is 5.82 Å². The maximum absolute atomic E-state index is 5.89. The number of anilines is 2. The first-order valence-corrected chi connectivity index (χ1v) is 6.10. The number of nitrogens with zero attached hydrogens (tertiary/aromatic N) is 2. The highest BCUT2D eigenvalue weighted by Gasteiger charge is 2.12. The molecular formula is C12H14N4S. The number of nitrogens with two attached hydrogens (primary N) is 1. The second-order valence-corrected chi connectivity index (χ2v) is 4.29. The van der Waals surface area contributed by atoms with Gasteiger partial charge in [-0.2, -0.15) is 4.37 Å². The van der Waals surface area contributed by atoms with Crippen LogP contribution in [0.2, 0.25) is 0 Å². The van der Waals surface area contributed by atoms with Crippen LogP contribution in [0, 0.1) is 0 Å². The van der Waals surface area contributed by atoms with Crippen molar-refractivity contribution in [2.45, 2.75) is 6.42 Å². The standard InChI is InChI=1S/C12H14N4S/c1-2-3-7-15-12-10(11(13)16-17-12)9-5-4-6-14-8-9/h2,4-6,8,15H,1,3,7H2,(H2,13,16). The molecule has 0 aliphatic heterocycles. The van der Waals surface area contributed by atoms with Crippen molar-refractivity contribution in [1.82, 2.24) is 9.36 Å². The van der Waals surface area contributed by atoms with Gasteiger partial charge in [0.05, 0.1) is 5.56 Å². The third-order valence-corrected chi connectivity index (χ3v) is 3.12. The fourth-order valence-electron chi connectivity index (χ4n) is 1.50. The molecule has 2 heterocycles. The molecule has 0 atom stereocenters. The van der Waals surface area contributed by atoms with Gasteiger partial charge in [0.15, 0.2) is 0 Å². The summed E-state index contributed by atoms with van der Waals surface area (Å²) in [6.07, 6.45) is 6.31. The summed E-state index contributed by atoms with van der Waals surface area (Å²) < 4.78 is 4.18. The van der Waals surface area contributed by atoms with Gasteiger partial charge in [0, 0.05) is 24.5 Å². The number of hydrogen-bond acceptors (Lipinski definition) is 5. The Hall–Kier alpha value is -1.88. The molecule has 0 saturated carbocycles. The van der Waals surface area contributed by atoms with E-state index in [2.05, 4.69) is 21.3 Å². The lowest BCUT2D eigenvalue weighted by Crippen LogP contribution is -2.00. The molecule has 0 aliphatic carbocycles. The van der Waals surface area contributed by atoms with Crippen molar-refractivity contribution in [2.75, 3.05) is 17.6 Å². The van der Waals surface area contributed by atoms with Crippen LogP contribution in [-0.2, 0) is 0 Å². The number of pyridine rings is 1. The predicted octanol–water partition coefficient (Wildman–Crippen LogP) is 2.78. The summed E-state index contributed by atoms with van der Waals surface area (Å²) in [6.45, 7) is 4.52. The van der Waals surface area contributed by atoms with Crippen LogP contribution in [0.25, 0.3) is 11.1 Å². The molecule has 17 heavy (non-hydrogen) atoms. The second-order valence-electron chi connectivity index (χ2n) is 3.52. The van der Waals surface area contributed by atoms with Crippen molar-refractivity contribution in [3.05, 3.63) is 37.2 Å². The summed E-state index contributed by atoms with van der Waals surface area (Å²) in [5.41, 5.74) is 7.81. The third-order valence-electron chi connectivity index (χ3n) is 2.30. The molecule has 0 spiro atoms. The highest BCUT2D eigenvalue weighted by molar-refractivity contribution is 7.11. The molecule has 88 valence electrons. The zero-order chi connectivity index (χ0) is 12.1. The Balaban J connectivity index is 2.27. The summed E-state index contributed by atoms with van der Waals surface area (Å²) in [7, 11) is 0. The van der Waals surface area contributed by atoms with Gasteiger partial charge in [-0.15, -0.1) is 6.58 Å². The molecule has 0 unspecified atom stereocenters. The number of nitrogen functional groups attached to an aromatic ring is 1. The van der Waals surface area contributed by atoms with Crippen LogP contribution in [0.15, 0.2) is 37.2 Å². The Bertz CT molecular complexity index is 492. The molecule has 0 saturated heterocycles. The van der Waals surface area contributed by atoms with Crippen molar-refractivity contribution in [1.29, 1.82) is 0 Å². The van der Waals surface area contributed by atoms with Gasteiger partial charge in [-0.3, -0.25) is 4.98 Å². The van der Waals surface area contributed by atoms with Gasteiger partial charge >= 0.3 is 0 Å². The van der Waals surface area contributed by atoms with E-state index >= 15 is 0 Å². The quantitative estimate of drug-likeness (QED) is 0.629. The number of nitrogens with one attached hydrogen (secondary N) is 1. The van der Waals surface area contributed by atoms with Crippen LogP contribution < -0.4 is 11.1 Å². The van der Waals surface area contributed by atoms with Crippen LogP contribution in [0.4, 0.5) is 10.8 Å². The van der Waals surface area contributed by atoms with Gasteiger partial charge < -0.3 is 11.1 Å². The van der Waals surface area contributed by atoms with Gasteiger partial charge in [0.25, 0.3) is 0 Å². The van der Waals surface area contributed by atoms with Crippen molar-refractivity contribution in [3.63, 3.8) is 0 Å². The van der Waals surface area contributed by atoms with E-state index in [-0.39, 0.29) is 0 Å². The van der Waals surface area contributed by atoms with Gasteiger partial charge in [0.2, 0.25) is 0 Å². The third kappa shape index (κ3) is 2.62. The lowest BCUT2D eigenvalue weighted by molar-refractivity contribution is 1.08. The first-order valence-electron chi connectivity index (χ1n) is 5.33. The number of aromatic nitrogens is 2. The van der Waals surface area contributed by atoms with E-state index in [1.54, 1.807) is 12.4 Å². The van der Waals surface area contributed by atoms with E-state index in [1.165, 1.54) is 11.5 Å². The Morgan fingerprint density at radius 2 is 2.41 bits per heavy atom. The first kappa shape index (κ1) is 11.6. The summed E-state index contributed by atoms with van der Waals surface area (Å²) in [5, 5.41) is 4.29. The van der Waals surface area contributed by atoms with Crippen LogP contribution in [0.3, 0.4) is 0 Å². The van der Waals surface area contributed by atoms with Crippen LogP contribution in [0.1, 0.15) is 6.42 Å². The molecule has 2 rings (SSSR count). The molecule has 0 radical (unpaired) electrons. The van der Waals surface area contributed by atoms with Gasteiger partial charge in [-0.25, -0.2) is 0 Å². The average molecular weight is 246 g/mol. The summed E-state index contributed by atoms with van der Waals surface area (Å²) in [4.78, 5) is 4.10. The van der Waals surface area contributed by atoms with E-state index in [4.69, 9.17) is 5.73 Å². The molecule has 5 heteroatoms. The Kier molecular flexibility index (Phi) is 3.72. The minimum atomic E-state index is 0.545. The minimum Gasteiger partial charge on any atom is -0.382 e. The van der Waals surface area contributed by atoms with E-state index in [9.17, 15) is 0 Å². The largest absolute Gasteiger partial charge is 0.382 e. The molecule has 0 aromatic carbocycles. The topological polar surface area (TPSA) is 63.8 Å². The van der Waals surface area contributed by atoms with Crippen LogP contribution >= 0.6 is 11.5 Å². The molecule has 4 nitrogen and oxygen atoms in total. The fourth-order valence-corrected chi connectivity index (χ4v) is 2.26. The second kappa shape index (κ2) is 5.45. The monoisotopic (exact) mass is 246 g/mol. The number of hydrogen-bond donors (Lipinski definition) is 2. The lowest BCUT2D eigenvalue weighted by atomic mass is 10.1. The van der Waals surface area contributed by atoms with E-state index < -0.39 is 0 Å². The maximum Gasteiger partial charge on any atom is 0.147 e. The first-order chi connectivity index (χ1) is 8.33. The van der Waals surface area contributed by atoms with Gasteiger partial charge in [-0.05, 0) is 24.0 Å². The summed E-state index contributed by atoms with van der Waals surface area (Å²) in [6, 6.07) is 3.87. The van der Waals surface area contributed by atoms with Gasteiger partial charge in [-0.1, -0.05) is 12.1 Å². The minimum absolute atomic E-state index is 0.545. The molecule has 3 N–H and O–H groups in total. The van der Waals surface area contributed by atoms with Gasteiger partial charge in [0.1, 0.15) is 10.8 Å². The molecule has 2 aromatic rings. The Morgan fingerprint density at radius 3 is 3.12 bits per heavy atom. The lowest BCUT2D eigenvalue weighted by Gasteiger charge is -2.05. The van der Waals surface area contributed by atoms with Crippen LogP contribution in [-0.4, -0.2) is 15.9 Å². The number of rotatable bonds is 5. The van der Waals surface area contributed by atoms with Crippen LogP contribution in [0.5, 0.6) is 0 Å². The fraction of sp³-hybridized carbons (Fsp3) is 0.167. The van der Waals surface area contributed by atoms with Crippen molar-refractivity contribution < 1.29 is 0 Å².